The largest absolute Gasteiger partial charge is 0.387 e. The van der Waals surface area contributed by atoms with E-state index in [1.165, 1.54) is 0 Å². The highest BCUT2D eigenvalue weighted by atomic mass is 16.3. The van der Waals surface area contributed by atoms with Gasteiger partial charge in [-0.25, -0.2) is 9.97 Å². The van der Waals surface area contributed by atoms with Gasteiger partial charge in [0.15, 0.2) is 0 Å². The van der Waals surface area contributed by atoms with Crippen LogP contribution in [0.1, 0.15) is 12.6 Å². The molecule has 0 spiro atoms. The number of aromatic nitrogens is 2. The van der Waals surface area contributed by atoms with Gasteiger partial charge in [0.05, 0.1) is 22.3 Å². The third kappa shape index (κ3) is 3.65. The zero-order chi connectivity index (χ0) is 14.8. The zero-order valence-corrected chi connectivity index (χ0v) is 12.5. The lowest BCUT2D eigenvalue weighted by Crippen LogP contribution is -2.43. The maximum atomic E-state index is 10.3. The van der Waals surface area contributed by atoms with Gasteiger partial charge in [-0.15, -0.1) is 0 Å². The molecule has 2 N–H and O–H groups in total. The van der Waals surface area contributed by atoms with E-state index in [0.29, 0.717) is 13.1 Å². The van der Waals surface area contributed by atoms with Gasteiger partial charge in [0, 0.05) is 13.1 Å². The number of likely N-dealkylation sites (N-methyl/N-ethyl adjacent to an activating group) is 1. The molecule has 0 aliphatic rings. The van der Waals surface area contributed by atoms with Crippen LogP contribution in [-0.4, -0.2) is 52.8 Å². The fraction of sp³-hybridized carbons (Fsp3) is 0.467. The summed E-state index contributed by atoms with van der Waals surface area (Å²) in [5, 5.41) is 13.5. The van der Waals surface area contributed by atoms with Crippen molar-refractivity contribution in [3.8, 4) is 0 Å². The third-order valence-electron chi connectivity index (χ3n) is 3.04. The zero-order valence-electron chi connectivity index (χ0n) is 12.5. The molecule has 0 amide bonds. The summed E-state index contributed by atoms with van der Waals surface area (Å²) in [7, 11) is 3.88. The van der Waals surface area contributed by atoms with Crippen LogP contribution in [0.2, 0.25) is 0 Å². The van der Waals surface area contributed by atoms with Crippen LogP contribution >= 0.6 is 0 Å². The van der Waals surface area contributed by atoms with Crippen LogP contribution < -0.4 is 5.32 Å². The number of rotatable bonds is 5. The summed E-state index contributed by atoms with van der Waals surface area (Å²) in [5.74, 6) is 0.725. The van der Waals surface area contributed by atoms with Crippen molar-refractivity contribution in [2.75, 3.05) is 32.5 Å². The van der Waals surface area contributed by atoms with Crippen molar-refractivity contribution in [1.82, 2.24) is 14.9 Å². The number of nitrogens with one attached hydrogen (secondary N) is 1. The second-order valence-electron chi connectivity index (χ2n) is 5.73. The van der Waals surface area contributed by atoms with Crippen molar-refractivity contribution >= 4 is 16.9 Å². The number of fused-ring (bicyclic) bond motifs is 1. The number of hydrogen-bond donors (Lipinski definition) is 2. The normalized spacial score (nSPS) is 14.5. The Balaban J connectivity index is 2.15. The van der Waals surface area contributed by atoms with Crippen LogP contribution in [0.25, 0.3) is 11.0 Å². The van der Waals surface area contributed by atoms with Gasteiger partial charge in [-0.2, -0.15) is 0 Å². The van der Waals surface area contributed by atoms with Crippen LogP contribution in [0.4, 0.5) is 5.82 Å². The van der Waals surface area contributed by atoms with E-state index < -0.39 is 5.60 Å². The van der Waals surface area contributed by atoms with E-state index in [1.54, 1.807) is 0 Å². The second kappa shape index (κ2) is 5.73. The number of hydrogen-bond acceptors (Lipinski definition) is 5. The summed E-state index contributed by atoms with van der Waals surface area (Å²) in [4.78, 5) is 11.0. The summed E-state index contributed by atoms with van der Waals surface area (Å²) >= 11 is 0. The Bertz CT molecular complexity index is 595. The number of para-hydroxylation sites is 2. The van der Waals surface area contributed by atoms with E-state index in [-0.39, 0.29) is 0 Å². The molecule has 1 unspecified atom stereocenters. The first-order valence-corrected chi connectivity index (χ1v) is 6.72. The Hall–Kier alpha value is -1.72. The van der Waals surface area contributed by atoms with Gasteiger partial charge < -0.3 is 15.3 Å². The van der Waals surface area contributed by atoms with Crippen LogP contribution in [0, 0.1) is 6.92 Å². The minimum Gasteiger partial charge on any atom is -0.387 e. The van der Waals surface area contributed by atoms with Gasteiger partial charge in [0.1, 0.15) is 5.82 Å². The average molecular weight is 274 g/mol. The molecular weight excluding hydrogens is 252 g/mol. The van der Waals surface area contributed by atoms with Gasteiger partial charge in [-0.3, -0.25) is 0 Å². The molecule has 0 radical (unpaired) electrons. The molecule has 1 aromatic carbocycles. The average Bonchev–Trinajstić information content (AvgIpc) is 2.34. The predicted octanol–water partition coefficient (Wildman–Crippen LogP) is 1.66. The molecule has 108 valence electrons. The van der Waals surface area contributed by atoms with E-state index in [9.17, 15) is 5.11 Å². The van der Waals surface area contributed by atoms with E-state index in [4.69, 9.17) is 0 Å². The molecule has 2 aromatic rings. The Labute approximate surface area is 119 Å². The maximum Gasteiger partial charge on any atom is 0.148 e. The minimum atomic E-state index is -0.816. The lowest BCUT2D eigenvalue weighted by molar-refractivity contribution is 0.0459. The highest BCUT2D eigenvalue weighted by Gasteiger charge is 2.21. The summed E-state index contributed by atoms with van der Waals surface area (Å²) in [6.45, 7) is 4.74. The standard InChI is InChI=1S/C15H22N4O/c1-11-14(16-9-15(2,20)10-19(3)4)18-13-8-6-5-7-12(13)17-11/h5-8,20H,9-10H2,1-4H3,(H,16,18). The molecule has 0 aliphatic heterocycles. The van der Waals surface area contributed by atoms with Crippen molar-refractivity contribution in [3.63, 3.8) is 0 Å². The smallest absolute Gasteiger partial charge is 0.148 e. The van der Waals surface area contributed by atoms with E-state index >= 15 is 0 Å². The number of nitrogens with zero attached hydrogens (tertiary/aromatic N) is 3. The van der Waals surface area contributed by atoms with Crippen molar-refractivity contribution in [1.29, 1.82) is 0 Å². The molecule has 0 aliphatic carbocycles. The molecule has 5 nitrogen and oxygen atoms in total. The summed E-state index contributed by atoms with van der Waals surface area (Å²) in [6.07, 6.45) is 0. The monoisotopic (exact) mass is 274 g/mol. The van der Waals surface area contributed by atoms with Gasteiger partial charge in [0.2, 0.25) is 0 Å². The van der Waals surface area contributed by atoms with Gasteiger partial charge in [-0.1, -0.05) is 12.1 Å². The topological polar surface area (TPSA) is 61.3 Å². The Morgan fingerprint density at radius 1 is 1.20 bits per heavy atom. The number of anilines is 1. The summed E-state index contributed by atoms with van der Waals surface area (Å²) in [5.41, 5.74) is 1.76. The first-order valence-electron chi connectivity index (χ1n) is 6.72. The number of aryl methyl sites for hydroxylation is 1. The minimum absolute atomic E-state index is 0.430. The highest BCUT2D eigenvalue weighted by molar-refractivity contribution is 5.76. The predicted molar refractivity (Wildman–Crippen MR) is 81.9 cm³/mol. The van der Waals surface area contributed by atoms with Crippen molar-refractivity contribution in [2.45, 2.75) is 19.4 Å². The second-order valence-corrected chi connectivity index (χ2v) is 5.73. The number of aliphatic hydroxyl groups is 1. The summed E-state index contributed by atoms with van der Waals surface area (Å²) < 4.78 is 0. The molecule has 0 saturated carbocycles. The van der Waals surface area contributed by atoms with Crippen LogP contribution in [0.15, 0.2) is 24.3 Å². The van der Waals surface area contributed by atoms with Crippen molar-refractivity contribution in [2.24, 2.45) is 0 Å². The Kier molecular flexibility index (Phi) is 4.20. The van der Waals surface area contributed by atoms with Gasteiger partial charge in [-0.05, 0) is 40.1 Å². The molecule has 1 aromatic heterocycles. The van der Waals surface area contributed by atoms with Crippen LogP contribution in [0.3, 0.4) is 0 Å². The van der Waals surface area contributed by atoms with E-state index in [0.717, 1.165) is 22.5 Å². The fourth-order valence-corrected chi connectivity index (χ4v) is 2.27. The van der Waals surface area contributed by atoms with Crippen molar-refractivity contribution in [3.05, 3.63) is 30.0 Å². The molecule has 2 rings (SSSR count). The maximum absolute atomic E-state index is 10.3. The quantitative estimate of drug-likeness (QED) is 0.868. The lowest BCUT2D eigenvalue weighted by Gasteiger charge is -2.27. The molecule has 20 heavy (non-hydrogen) atoms. The fourth-order valence-electron chi connectivity index (χ4n) is 2.27. The molecule has 0 fully saturated rings. The first-order chi connectivity index (χ1) is 9.37. The molecular formula is C15H22N4O. The van der Waals surface area contributed by atoms with E-state index in [2.05, 4.69) is 15.3 Å². The molecule has 0 saturated heterocycles. The van der Waals surface area contributed by atoms with Crippen molar-refractivity contribution < 1.29 is 5.11 Å². The molecule has 1 heterocycles. The lowest BCUT2D eigenvalue weighted by atomic mass is 10.1. The highest BCUT2D eigenvalue weighted by Crippen LogP contribution is 2.17. The molecule has 5 heteroatoms. The van der Waals surface area contributed by atoms with E-state index in [1.807, 2.05) is 57.1 Å². The first kappa shape index (κ1) is 14.7. The Morgan fingerprint density at radius 3 is 2.40 bits per heavy atom. The molecule has 1 atom stereocenters. The van der Waals surface area contributed by atoms with Crippen LogP contribution in [-0.2, 0) is 0 Å². The summed E-state index contributed by atoms with van der Waals surface area (Å²) in [6, 6.07) is 7.77. The number of benzene rings is 1. The molecule has 0 bridgehead atoms. The van der Waals surface area contributed by atoms with Crippen LogP contribution in [0.5, 0.6) is 0 Å². The van der Waals surface area contributed by atoms with Gasteiger partial charge in [0.25, 0.3) is 0 Å². The third-order valence-corrected chi connectivity index (χ3v) is 3.04. The Morgan fingerprint density at radius 2 is 1.80 bits per heavy atom. The SMILES string of the molecule is Cc1nc2ccccc2nc1NCC(C)(O)CN(C)C. The van der Waals surface area contributed by atoms with Gasteiger partial charge >= 0.3 is 0 Å².